The number of hydrogen-bond donors (Lipinski definition) is 1. The number of carbonyl (C=O) groups excluding carboxylic acids is 1. The molecule has 0 aromatic heterocycles. The molecule has 0 spiro atoms. The fraction of sp³-hybridized carbons (Fsp3) is 0.462. The average Bonchev–Trinajstić information content (AvgIpc) is 2.41. The molecule has 2 rings (SSSR count). The molecular formula is C13H17ClN2O4S. The maximum absolute atomic E-state index is 12.0. The van der Waals surface area contributed by atoms with Gasteiger partial charge in [-0.05, 0) is 31.0 Å². The number of rotatable bonds is 4. The first-order valence-electron chi connectivity index (χ1n) is 6.53. The van der Waals surface area contributed by atoms with E-state index in [2.05, 4.69) is 5.32 Å². The van der Waals surface area contributed by atoms with E-state index in [0.717, 1.165) is 6.42 Å². The summed E-state index contributed by atoms with van der Waals surface area (Å²) in [5, 5.41) is 3.09. The quantitative estimate of drug-likeness (QED) is 0.910. The highest BCUT2D eigenvalue weighted by atomic mass is 35.5. The molecule has 1 fully saturated rings. The van der Waals surface area contributed by atoms with Crippen LogP contribution in [-0.2, 0) is 14.8 Å². The summed E-state index contributed by atoms with van der Waals surface area (Å²) in [5.41, 5.74) is 0.421. The van der Waals surface area contributed by atoms with Gasteiger partial charge in [0.1, 0.15) is 5.75 Å². The van der Waals surface area contributed by atoms with Crippen molar-refractivity contribution in [2.75, 3.05) is 31.3 Å². The van der Waals surface area contributed by atoms with Gasteiger partial charge in [0, 0.05) is 11.6 Å². The summed E-state index contributed by atoms with van der Waals surface area (Å²) in [6, 6.07) is 4.84. The summed E-state index contributed by atoms with van der Waals surface area (Å²) in [6.45, 7) is 0.181. The van der Waals surface area contributed by atoms with E-state index >= 15 is 0 Å². The number of nitrogens with one attached hydrogen (secondary N) is 1. The molecule has 0 saturated carbocycles. The minimum Gasteiger partial charge on any atom is -0.495 e. The lowest BCUT2D eigenvalue weighted by Crippen LogP contribution is -2.42. The first-order valence-corrected chi connectivity index (χ1v) is 8.52. The van der Waals surface area contributed by atoms with Crippen LogP contribution in [0.2, 0.25) is 5.02 Å². The molecule has 0 atom stereocenters. The molecule has 116 valence electrons. The van der Waals surface area contributed by atoms with Crippen molar-refractivity contribution in [3.63, 3.8) is 0 Å². The number of ether oxygens (including phenoxy) is 1. The third kappa shape index (κ3) is 4.09. The van der Waals surface area contributed by atoms with Crippen molar-refractivity contribution in [2.24, 2.45) is 0 Å². The van der Waals surface area contributed by atoms with Crippen molar-refractivity contribution < 1.29 is 17.9 Å². The number of anilines is 1. The number of halogens is 1. The Bertz CT molecular complexity index is 633. The molecule has 1 N–H and O–H groups in total. The second-order valence-corrected chi connectivity index (χ2v) is 7.27. The van der Waals surface area contributed by atoms with E-state index in [1.807, 2.05) is 0 Å². The highest BCUT2D eigenvalue weighted by Crippen LogP contribution is 2.27. The monoisotopic (exact) mass is 332 g/mol. The number of nitrogens with zero attached hydrogens (tertiary/aromatic N) is 1. The molecule has 1 aliphatic rings. The Labute approximate surface area is 129 Å². The minimum absolute atomic E-state index is 0.0980. The van der Waals surface area contributed by atoms with Gasteiger partial charge >= 0.3 is 0 Å². The van der Waals surface area contributed by atoms with Gasteiger partial charge in [0.2, 0.25) is 15.9 Å². The van der Waals surface area contributed by atoms with E-state index in [0.29, 0.717) is 29.4 Å². The van der Waals surface area contributed by atoms with Crippen molar-refractivity contribution in [1.29, 1.82) is 0 Å². The molecule has 1 amide bonds. The van der Waals surface area contributed by atoms with E-state index in [1.54, 1.807) is 18.2 Å². The predicted molar refractivity (Wildman–Crippen MR) is 81.2 cm³/mol. The van der Waals surface area contributed by atoms with Crippen LogP contribution in [0.25, 0.3) is 0 Å². The predicted octanol–water partition coefficient (Wildman–Crippen LogP) is 1.71. The van der Waals surface area contributed by atoms with Gasteiger partial charge in [-0.1, -0.05) is 11.6 Å². The van der Waals surface area contributed by atoms with E-state index in [4.69, 9.17) is 16.3 Å². The van der Waals surface area contributed by atoms with E-state index < -0.39 is 15.9 Å². The van der Waals surface area contributed by atoms with Crippen molar-refractivity contribution >= 4 is 33.2 Å². The molecule has 0 radical (unpaired) electrons. The fourth-order valence-electron chi connectivity index (χ4n) is 2.15. The molecule has 6 nitrogen and oxygen atoms in total. The van der Waals surface area contributed by atoms with Gasteiger partial charge in [-0.2, -0.15) is 4.31 Å². The second kappa shape index (κ2) is 6.64. The van der Waals surface area contributed by atoms with Gasteiger partial charge in [0.05, 0.1) is 25.1 Å². The maximum Gasteiger partial charge on any atom is 0.239 e. The standard InChI is InChI=1S/C13H17ClN2O4S/c1-20-12-5-4-10(14)8-11(12)15-13(17)9-16-6-2-3-7-21(16,18)19/h4-5,8H,2-3,6-7,9H2,1H3,(H,15,17). The van der Waals surface area contributed by atoms with Crippen LogP contribution in [-0.4, -0.2) is 44.6 Å². The summed E-state index contributed by atoms with van der Waals surface area (Å²) in [7, 11) is -1.84. The van der Waals surface area contributed by atoms with E-state index in [9.17, 15) is 13.2 Å². The zero-order valence-corrected chi connectivity index (χ0v) is 13.2. The first-order chi connectivity index (χ1) is 9.92. The number of sulfonamides is 1. The topological polar surface area (TPSA) is 75.7 Å². The molecule has 1 aromatic carbocycles. The Morgan fingerprint density at radius 3 is 2.86 bits per heavy atom. The zero-order valence-electron chi connectivity index (χ0n) is 11.6. The summed E-state index contributed by atoms with van der Waals surface area (Å²) >= 11 is 5.88. The highest BCUT2D eigenvalue weighted by Gasteiger charge is 2.27. The Morgan fingerprint density at radius 2 is 2.19 bits per heavy atom. The summed E-state index contributed by atoms with van der Waals surface area (Å²) in [5.74, 6) is 0.149. The fourth-order valence-corrected chi connectivity index (χ4v) is 3.87. The van der Waals surface area contributed by atoms with Gasteiger partial charge in [-0.15, -0.1) is 0 Å². The van der Waals surface area contributed by atoms with Crippen molar-refractivity contribution in [2.45, 2.75) is 12.8 Å². The number of hydrogen-bond acceptors (Lipinski definition) is 4. The number of carbonyl (C=O) groups is 1. The van der Waals surface area contributed by atoms with Gasteiger partial charge in [0.25, 0.3) is 0 Å². The maximum atomic E-state index is 12.0. The minimum atomic E-state index is -3.32. The van der Waals surface area contributed by atoms with Crippen molar-refractivity contribution in [3.8, 4) is 5.75 Å². The Balaban J connectivity index is 2.07. The van der Waals surface area contributed by atoms with Crippen LogP contribution >= 0.6 is 11.6 Å². The molecule has 0 unspecified atom stereocenters. The van der Waals surface area contributed by atoms with Crippen LogP contribution in [0.3, 0.4) is 0 Å². The molecule has 8 heteroatoms. The van der Waals surface area contributed by atoms with Crippen LogP contribution < -0.4 is 10.1 Å². The lowest BCUT2D eigenvalue weighted by Gasteiger charge is -2.25. The normalized spacial score (nSPS) is 18.2. The molecule has 1 aromatic rings. The summed E-state index contributed by atoms with van der Waals surface area (Å²) < 4.78 is 30.0. The molecular weight excluding hydrogens is 316 g/mol. The SMILES string of the molecule is COc1ccc(Cl)cc1NC(=O)CN1CCCCS1(=O)=O. The van der Waals surface area contributed by atoms with Gasteiger partial charge in [0.15, 0.2) is 0 Å². The van der Waals surface area contributed by atoms with Crippen LogP contribution in [0.15, 0.2) is 18.2 Å². The average molecular weight is 333 g/mol. The van der Waals surface area contributed by atoms with Crippen molar-refractivity contribution in [3.05, 3.63) is 23.2 Å². The van der Waals surface area contributed by atoms with Gasteiger partial charge < -0.3 is 10.1 Å². The second-order valence-electron chi connectivity index (χ2n) is 4.75. The van der Waals surface area contributed by atoms with Crippen LogP contribution in [0, 0.1) is 0 Å². The lowest BCUT2D eigenvalue weighted by atomic mass is 10.3. The first kappa shape index (κ1) is 16.1. The molecule has 0 bridgehead atoms. The third-order valence-corrected chi connectivity index (χ3v) is 5.35. The molecule has 1 saturated heterocycles. The third-order valence-electron chi connectivity index (χ3n) is 3.21. The highest BCUT2D eigenvalue weighted by molar-refractivity contribution is 7.89. The van der Waals surface area contributed by atoms with Crippen molar-refractivity contribution in [1.82, 2.24) is 4.31 Å². The Hall–Kier alpha value is -1.31. The Kier molecular flexibility index (Phi) is 5.08. The van der Waals surface area contributed by atoms with E-state index in [-0.39, 0.29) is 12.3 Å². The van der Waals surface area contributed by atoms with Crippen LogP contribution in [0.5, 0.6) is 5.75 Å². The zero-order chi connectivity index (χ0) is 15.5. The molecule has 0 aliphatic carbocycles. The summed E-state index contributed by atoms with van der Waals surface area (Å²) in [4.78, 5) is 12.0. The van der Waals surface area contributed by atoms with Gasteiger partial charge in [-0.25, -0.2) is 8.42 Å². The molecule has 1 aliphatic heterocycles. The Morgan fingerprint density at radius 1 is 1.43 bits per heavy atom. The van der Waals surface area contributed by atoms with Gasteiger partial charge in [-0.3, -0.25) is 4.79 Å². The number of amides is 1. The van der Waals surface area contributed by atoms with Crippen LogP contribution in [0.1, 0.15) is 12.8 Å². The molecule has 1 heterocycles. The largest absolute Gasteiger partial charge is 0.495 e. The van der Waals surface area contributed by atoms with Crippen LogP contribution in [0.4, 0.5) is 5.69 Å². The summed E-state index contributed by atoms with van der Waals surface area (Å²) in [6.07, 6.45) is 1.41. The number of methoxy groups -OCH3 is 1. The smallest absolute Gasteiger partial charge is 0.239 e. The van der Waals surface area contributed by atoms with E-state index in [1.165, 1.54) is 11.4 Å². The lowest BCUT2D eigenvalue weighted by molar-refractivity contribution is -0.116. The number of benzene rings is 1. The molecule has 21 heavy (non-hydrogen) atoms.